The predicted molar refractivity (Wildman–Crippen MR) is 91.9 cm³/mol. The summed E-state index contributed by atoms with van der Waals surface area (Å²) in [5.41, 5.74) is 2.55. The first-order chi connectivity index (χ1) is 9.90. The van der Waals surface area contributed by atoms with Gasteiger partial charge in [-0.1, -0.05) is 13.0 Å². The highest BCUT2D eigenvalue weighted by Crippen LogP contribution is 2.24. The molecule has 0 atom stereocenters. The SMILES string of the molecule is CCCc1nccn1-c1ccc(CNC(C)(C)C)cc1Br. The van der Waals surface area contributed by atoms with E-state index in [1.165, 1.54) is 5.56 Å². The molecule has 114 valence electrons. The van der Waals surface area contributed by atoms with Gasteiger partial charge in [-0.3, -0.25) is 0 Å². The van der Waals surface area contributed by atoms with Gasteiger partial charge in [-0.05, 0) is 60.8 Å². The third kappa shape index (κ3) is 4.42. The van der Waals surface area contributed by atoms with E-state index in [1.807, 2.05) is 12.4 Å². The van der Waals surface area contributed by atoms with Gasteiger partial charge < -0.3 is 9.88 Å². The van der Waals surface area contributed by atoms with Gasteiger partial charge in [0.25, 0.3) is 0 Å². The number of hydrogen-bond donors (Lipinski definition) is 1. The second kappa shape index (κ2) is 6.75. The van der Waals surface area contributed by atoms with E-state index in [0.29, 0.717) is 0 Å². The maximum Gasteiger partial charge on any atom is 0.113 e. The summed E-state index contributed by atoms with van der Waals surface area (Å²) in [7, 11) is 0. The fourth-order valence-electron chi connectivity index (χ4n) is 2.19. The number of aromatic nitrogens is 2. The van der Waals surface area contributed by atoms with E-state index in [2.05, 4.69) is 76.7 Å². The molecule has 0 saturated heterocycles. The molecular weight excluding hydrogens is 326 g/mol. The molecule has 1 heterocycles. The summed E-state index contributed by atoms with van der Waals surface area (Å²) in [6.07, 6.45) is 5.99. The summed E-state index contributed by atoms with van der Waals surface area (Å²) < 4.78 is 3.26. The number of nitrogens with zero attached hydrogens (tertiary/aromatic N) is 2. The van der Waals surface area contributed by atoms with Gasteiger partial charge >= 0.3 is 0 Å². The van der Waals surface area contributed by atoms with Crippen LogP contribution in [-0.4, -0.2) is 15.1 Å². The molecule has 0 aliphatic rings. The maximum atomic E-state index is 4.44. The van der Waals surface area contributed by atoms with Crippen molar-refractivity contribution < 1.29 is 0 Å². The first-order valence-electron chi connectivity index (χ1n) is 7.47. The van der Waals surface area contributed by atoms with Crippen molar-refractivity contribution in [2.45, 2.75) is 52.6 Å². The molecule has 2 aromatic rings. The van der Waals surface area contributed by atoms with Gasteiger partial charge in [0.1, 0.15) is 5.82 Å². The van der Waals surface area contributed by atoms with E-state index in [0.717, 1.165) is 35.4 Å². The standard InChI is InChI=1S/C17H24BrN3/c1-5-6-16-19-9-10-21(16)15-8-7-13(11-14(15)18)12-20-17(2,3)4/h7-11,20H,5-6,12H2,1-4H3. The molecule has 0 spiro atoms. The fraction of sp³-hybridized carbons (Fsp3) is 0.471. The normalized spacial score (nSPS) is 11.9. The molecule has 0 amide bonds. The average molecular weight is 350 g/mol. The van der Waals surface area contributed by atoms with Crippen molar-refractivity contribution in [1.82, 2.24) is 14.9 Å². The van der Waals surface area contributed by atoms with E-state index in [1.54, 1.807) is 0 Å². The number of rotatable bonds is 5. The van der Waals surface area contributed by atoms with Crippen LogP contribution >= 0.6 is 15.9 Å². The number of halogens is 1. The minimum atomic E-state index is 0.129. The van der Waals surface area contributed by atoms with Crippen LogP contribution in [0.3, 0.4) is 0 Å². The molecule has 4 heteroatoms. The third-order valence-electron chi connectivity index (χ3n) is 3.29. The summed E-state index contributed by atoms with van der Waals surface area (Å²) in [6, 6.07) is 6.52. The van der Waals surface area contributed by atoms with Crippen molar-refractivity contribution in [3.8, 4) is 5.69 Å². The van der Waals surface area contributed by atoms with Gasteiger partial charge in [-0.15, -0.1) is 0 Å². The molecule has 0 aliphatic heterocycles. The van der Waals surface area contributed by atoms with Gasteiger partial charge in [0.05, 0.1) is 5.69 Å². The summed E-state index contributed by atoms with van der Waals surface area (Å²) in [4.78, 5) is 4.44. The Kier molecular flexibility index (Phi) is 5.22. The fourth-order valence-corrected chi connectivity index (χ4v) is 2.80. The Bertz CT molecular complexity index is 596. The van der Waals surface area contributed by atoms with Crippen molar-refractivity contribution >= 4 is 15.9 Å². The first kappa shape index (κ1) is 16.2. The second-order valence-electron chi connectivity index (χ2n) is 6.35. The van der Waals surface area contributed by atoms with Crippen molar-refractivity contribution in [3.05, 3.63) is 46.5 Å². The Labute approximate surface area is 135 Å². The molecule has 0 unspecified atom stereocenters. The highest BCUT2D eigenvalue weighted by molar-refractivity contribution is 9.10. The van der Waals surface area contributed by atoms with E-state index < -0.39 is 0 Å². The zero-order chi connectivity index (χ0) is 15.5. The highest BCUT2D eigenvalue weighted by atomic mass is 79.9. The number of imidazole rings is 1. The maximum absolute atomic E-state index is 4.44. The third-order valence-corrected chi connectivity index (χ3v) is 3.92. The van der Waals surface area contributed by atoms with Gasteiger partial charge in [0.2, 0.25) is 0 Å². The van der Waals surface area contributed by atoms with Gasteiger partial charge in [0.15, 0.2) is 0 Å². The Morgan fingerprint density at radius 3 is 2.67 bits per heavy atom. The average Bonchev–Trinajstić information content (AvgIpc) is 2.84. The van der Waals surface area contributed by atoms with Crippen molar-refractivity contribution in [3.63, 3.8) is 0 Å². The largest absolute Gasteiger partial charge is 0.308 e. The second-order valence-corrected chi connectivity index (χ2v) is 7.21. The monoisotopic (exact) mass is 349 g/mol. The summed E-state index contributed by atoms with van der Waals surface area (Å²) >= 11 is 3.70. The van der Waals surface area contributed by atoms with Crippen LogP contribution in [0.4, 0.5) is 0 Å². The van der Waals surface area contributed by atoms with E-state index in [4.69, 9.17) is 0 Å². The van der Waals surface area contributed by atoms with Crippen LogP contribution in [0.1, 0.15) is 45.5 Å². The summed E-state index contributed by atoms with van der Waals surface area (Å²) in [5, 5.41) is 3.51. The Morgan fingerprint density at radius 1 is 1.29 bits per heavy atom. The lowest BCUT2D eigenvalue weighted by Crippen LogP contribution is -2.35. The molecule has 3 nitrogen and oxygen atoms in total. The lowest BCUT2D eigenvalue weighted by Gasteiger charge is -2.21. The summed E-state index contributed by atoms with van der Waals surface area (Å²) in [5.74, 6) is 1.11. The number of nitrogens with one attached hydrogen (secondary N) is 1. The van der Waals surface area contributed by atoms with Crippen molar-refractivity contribution in [2.75, 3.05) is 0 Å². The number of hydrogen-bond acceptors (Lipinski definition) is 2. The molecular formula is C17H24BrN3. The van der Waals surface area contributed by atoms with E-state index in [9.17, 15) is 0 Å². The molecule has 0 radical (unpaired) electrons. The zero-order valence-electron chi connectivity index (χ0n) is 13.3. The minimum Gasteiger partial charge on any atom is -0.308 e. The molecule has 21 heavy (non-hydrogen) atoms. The summed E-state index contributed by atoms with van der Waals surface area (Å²) in [6.45, 7) is 9.58. The Balaban J connectivity index is 2.21. The molecule has 1 N–H and O–H groups in total. The highest BCUT2D eigenvalue weighted by Gasteiger charge is 2.11. The van der Waals surface area contributed by atoms with Crippen molar-refractivity contribution in [1.29, 1.82) is 0 Å². The lowest BCUT2D eigenvalue weighted by molar-refractivity contribution is 0.424. The quantitative estimate of drug-likeness (QED) is 0.862. The number of benzene rings is 1. The molecule has 1 aromatic heterocycles. The lowest BCUT2D eigenvalue weighted by atomic mass is 10.1. The minimum absolute atomic E-state index is 0.129. The van der Waals surface area contributed by atoms with Gasteiger partial charge in [0, 0.05) is 35.4 Å². The molecule has 0 bridgehead atoms. The van der Waals surface area contributed by atoms with Gasteiger partial charge in [-0.25, -0.2) is 4.98 Å². The molecule has 2 rings (SSSR count). The molecule has 0 fully saturated rings. The van der Waals surface area contributed by atoms with E-state index >= 15 is 0 Å². The van der Waals surface area contributed by atoms with Crippen LogP contribution in [0.15, 0.2) is 35.1 Å². The van der Waals surface area contributed by atoms with Crippen LogP contribution < -0.4 is 5.32 Å². The Hall–Kier alpha value is -1.13. The topological polar surface area (TPSA) is 29.9 Å². The first-order valence-corrected chi connectivity index (χ1v) is 8.26. The molecule has 0 aliphatic carbocycles. The van der Waals surface area contributed by atoms with Crippen LogP contribution in [0, 0.1) is 0 Å². The van der Waals surface area contributed by atoms with Gasteiger partial charge in [-0.2, -0.15) is 0 Å². The predicted octanol–water partition coefficient (Wildman–Crippen LogP) is 4.48. The number of aryl methyl sites for hydroxylation is 1. The smallest absolute Gasteiger partial charge is 0.113 e. The van der Waals surface area contributed by atoms with Crippen molar-refractivity contribution in [2.24, 2.45) is 0 Å². The van der Waals surface area contributed by atoms with E-state index in [-0.39, 0.29) is 5.54 Å². The zero-order valence-corrected chi connectivity index (χ0v) is 14.9. The van der Waals surface area contributed by atoms with Crippen LogP contribution in [-0.2, 0) is 13.0 Å². The van der Waals surface area contributed by atoms with Crippen LogP contribution in [0.2, 0.25) is 0 Å². The van der Waals surface area contributed by atoms with Crippen LogP contribution in [0.5, 0.6) is 0 Å². The van der Waals surface area contributed by atoms with Crippen LogP contribution in [0.25, 0.3) is 5.69 Å². The Morgan fingerprint density at radius 2 is 2.05 bits per heavy atom. The molecule has 0 saturated carbocycles. The molecule has 1 aromatic carbocycles.